The molecule has 7 N–H and O–H groups in total. The summed E-state index contributed by atoms with van der Waals surface area (Å²) in [7, 11) is 4.18. The smallest absolute Gasteiger partial charge is 0.407 e. The second-order valence-corrected chi connectivity index (χ2v) is 12.1. The van der Waals surface area contributed by atoms with E-state index in [-0.39, 0.29) is 6.61 Å². The molecule has 1 aliphatic heterocycles. The van der Waals surface area contributed by atoms with Gasteiger partial charge in [0.05, 0.1) is 26.9 Å². The lowest BCUT2D eigenvalue weighted by molar-refractivity contribution is -0.147. The number of unbranched alkanes of at least 4 members (excludes halogenated alkanes) is 1. The summed E-state index contributed by atoms with van der Waals surface area (Å²) in [6.07, 6.45) is 1.19. The quantitative estimate of drug-likeness (QED) is 0.185. The van der Waals surface area contributed by atoms with Gasteiger partial charge >= 0.3 is 12.1 Å². The number of rotatable bonds is 9. The van der Waals surface area contributed by atoms with Crippen LogP contribution in [0.25, 0.3) is 0 Å². The molecule has 1 heterocycles. The third kappa shape index (κ3) is 12.1. The molecule has 4 amide bonds. The van der Waals surface area contributed by atoms with E-state index in [0.717, 1.165) is 5.56 Å². The number of hydrogen-bond acceptors (Lipinski definition) is 11. The first-order valence-corrected chi connectivity index (χ1v) is 15.4. The summed E-state index contributed by atoms with van der Waals surface area (Å²) in [4.78, 5) is 65.4. The molecule has 0 unspecified atom stereocenters. The Kier molecular flexibility index (Phi) is 15.2. The Balaban J connectivity index is 2.26. The molecule has 0 saturated heterocycles. The van der Waals surface area contributed by atoms with Crippen LogP contribution in [0.2, 0.25) is 0 Å². The van der Waals surface area contributed by atoms with Crippen molar-refractivity contribution >= 4 is 29.8 Å². The number of carbonyl (C=O) groups excluding carboxylic acids is 5. The van der Waals surface area contributed by atoms with Gasteiger partial charge < -0.3 is 51.3 Å². The largest absolute Gasteiger partial charge is 0.496 e. The van der Waals surface area contributed by atoms with Gasteiger partial charge in [0.15, 0.2) is 12.2 Å². The van der Waals surface area contributed by atoms with Crippen LogP contribution in [0.1, 0.15) is 70.0 Å². The molecule has 1 aromatic carbocycles. The van der Waals surface area contributed by atoms with Crippen molar-refractivity contribution < 1.29 is 42.9 Å². The van der Waals surface area contributed by atoms with Crippen LogP contribution in [-0.2, 0) is 39.8 Å². The highest BCUT2D eigenvalue weighted by molar-refractivity contribution is 5.94. The standard InChI is InChI=1S/C31H50N6O9/c1-31(2,3)46-30(42)34-15-9-7-12-21(32)28(40)37(4)24-20-13-14-23(43-5)19(17-20)11-8-10-16-45-18-22(29(41)44-6)35-27(39)25(33)36-26(24)38/h13-14,17,21-22,24-25H,7-12,15-16,18,32-33H2,1-6H3,(H,34,42)(H,35,39)(H,36,38)/t21-,22-,24-,25+/m0/s1. The van der Waals surface area contributed by atoms with E-state index in [4.69, 9.17) is 30.4 Å². The number of benzene rings is 1. The molecule has 15 nitrogen and oxygen atoms in total. The third-order valence-electron chi connectivity index (χ3n) is 7.18. The number of likely N-dealkylation sites (N-methyl/N-ethyl adjacent to an activating group) is 1. The van der Waals surface area contributed by atoms with Gasteiger partial charge in [0.2, 0.25) is 11.8 Å². The number of fused-ring (bicyclic) bond motifs is 2. The van der Waals surface area contributed by atoms with Crippen molar-refractivity contribution in [3.8, 4) is 5.75 Å². The Labute approximate surface area is 270 Å². The normalized spacial score (nSPS) is 20.4. The van der Waals surface area contributed by atoms with Crippen molar-refractivity contribution in [2.24, 2.45) is 11.5 Å². The van der Waals surface area contributed by atoms with Crippen LogP contribution in [0.3, 0.4) is 0 Å². The molecule has 0 spiro atoms. The molecule has 2 bridgehead atoms. The van der Waals surface area contributed by atoms with Gasteiger partial charge in [-0.1, -0.05) is 6.07 Å². The zero-order chi connectivity index (χ0) is 34.4. The Morgan fingerprint density at radius 3 is 2.48 bits per heavy atom. The molecular weight excluding hydrogens is 600 g/mol. The molecule has 1 aromatic rings. The van der Waals surface area contributed by atoms with Gasteiger partial charge in [-0.15, -0.1) is 0 Å². The van der Waals surface area contributed by atoms with E-state index in [9.17, 15) is 24.0 Å². The second-order valence-electron chi connectivity index (χ2n) is 12.1. The van der Waals surface area contributed by atoms with E-state index in [1.54, 1.807) is 46.1 Å². The maximum absolute atomic E-state index is 13.7. The molecule has 4 atom stereocenters. The summed E-state index contributed by atoms with van der Waals surface area (Å²) >= 11 is 0. The summed E-state index contributed by atoms with van der Waals surface area (Å²) in [5.41, 5.74) is 13.0. The van der Waals surface area contributed by atoms with Crippen LogP contribution in [0, 0.1) is 0 Å². The zero-order valence-electron chi connectivity index (χ0n) is 27.7. The fraction of sp³-hybridized carbons (Fsp3) is 0.645. The van der Waals surface area contributed by atoms with Crippen LogP contribution in [-0.4, -0.2) is 99.6 Å². The molecule has 46 heavy (non-hydrogen) atoms. The molecule has 258 valence electrons. The topological polar surface area (TPSA) is 214 Å². The highest BCUT2D eigenvalue weighted by Gasteiger charge is 2.34. The van der Waals surface area contributed by atoms with Crippen LogP contribution in [0.5, 0.6) is 5.75 Å². The molecule has 0 saturated carbocycles. The van der Waals surface area contributed by atoms with Gasteiger partial charge in [-0.25, -0.2) is 9.59 Å². The van der Waals surface area contributed by atoms with E-state index < -0.39 is 59.7 Å². The summed E-state index contributed by atoms with van der Waals surface area (Å²) < 4.78 is 21.1. The minimum Gasteiger partial charge on any atom is -0.496 e. The minimum atomic E-state index is -1.57. The summed E-state index contributed by atoms with van der Waals surface area (Å²) in [5.74, 6) is -2.21. The van der Waals surface area contributed by atoms with E-state index in [0.29, 0.717) is 63.0 Å². The molecule has 0 fully saturated rings. The molecule has 0 aromatic heterocycles. The average molecular weight is 651 g/mol. The van der Waals surface area contributed by atoms with Crippen LogP contribution >= 0.6 is 0 Å². The Hall–Kier alpha value is -3.95. The summed E-state index contributed by atoms with van der Waals surface area (Å²) in [5, 5.41) is 7.57. The van der Waals surface area contributed by atoms with Crippen molar-refractivity contribution in [2.45, 2.75) is 89.2 Å². The number of esters is 1. The van der Waals surface area contributed by atoms with Crippen LogP contribution in [0.15, 0.2) is 18.2 Å². The highest BCUT2D eigenvalue weighted by atomic mass is 16.6. The number of ether oxygens (including phenoxy) is 4. The number of alkyl carbamates (subject to hydrolysis) is 1. The highest BCUT2D eigenvalue weighted by Crippen LogP contribution is 2.28. The van der Waals surface area contributed by atoms with Crippen LogP contribution < -0.4 is 32.2 Å². The van der Waals surface area contributed by atoms with E-state index >= 15 is 0 Å². The number of nitrogens with two attached hydrogens (primary N) is 2. The minimum absolute atomic E-state index is 0.146. The Bertz CT molecular complexity index is 1210. The monoisotopic (exact) mass is 650 g/mol. The number of nitrogens with one attached hydrogen (secondary N) is 3. The van der Waals surface area contributed by atoms with Crippen molar-refractivity contribution in [3.05, 3.63) is 29.3 Å². The molecule has 1 aliphatic rings. The lowest BCUT2D eigenvalue weighted by Gasteiger charge is -2.31. The number of methoxy groups -OCH3 is 2. The lowest BCUT2D eigenvalue weighted by Crippen LogP contribution is -2.58. The van der Waals surface area contributed by atoms with Crippen molar-refractivity contribution in [1.29, 1.82) is 0 Å². The number of amides is 4. The van der Waals surface area contributed by atoms with Gasteiger partial charge in [0.1, 0.15) is 17.4 Å². The number of aryl methyl sites for hydroxylation is 1. The van der Waals surface area contributed by atoms with Crippen molar-refractivity contribution in [2.75, 3.05) is 41.0 Å². The third-order valence-corrected chi connectivity index (χ3v) is 7.18. The van der Waals surface area contributed by atoms with Crippen LogP contribution in [0.4, 0.5) is 4.79 Å². The maximum atomic E-state index is 13.7. The fourth-order valence-electron chi connectivity index (χ4n) is 4.81. The predicted octanol–water partition coefficient (Wildman–Crippen LogP) is 0.629. The predicted molar refractivity (Wildman–Crippen MR) is 168 cm³/mol. The second kappa shape index (κ2) is 18.3. The van der Waals surface area contributed by atoms with Gasteiger partial charge in [0, 0.05) is 20.2 Å². The molecule has 0 radical (unpaired) electrons. The fourth-order valence-corrected chi connectivity index (χ4v) is 4.81. The molecular formula is C31H50N6O9. The molecule has 15 heteroatoms. The first-order valence-electron chi connectivity index (χ1n) is 15.4. The van der Waals surface area contributed by atoms with E-state index in [1.807, 2.05) is 0 Å². The Morgan fingerprint density at radius 1 is 1.11 bits per heavy atom. The maximum Gasteiger partial charge on any atom is 0.407 e. The summed E-state index contributed by atoms with van der Waals surface area (Å²) in [6, 6.07) is 1.87. The van der Waals surface area contributed by atoms with E-state index in [1.165, 1.54) is 19.1 Å². The first kappa shape index (κ1) is 38.2. The van der Waals surface area contributed by atoms with Crippen molar-refractivity contribution in [1.82, 2.24) is 20.9 Å². The lowest BCUT2D eigenvalue weighted by atomic mass is 9.97. The summed E-state index contributed by atoms with van der Waals surface area (Å²) in [6.45, 7) is 5.83. The molecule has 2 rings (SSSR count). The SMILES string of the molecule is COC(=O)[C@@H]1COCCCCc2cc(ccc2OC)[C@H](N(C)C(=O)[C@@H](N)CCCCNC(=O)OC(C)(C)C)C(=O)N[C@@H](N)C(=O)N1. The van der Waals surface area contributed by atoms with Gasteiger partial charge in [0.25, 0.3) is 5.91 Å². The van der Waals surface area contributed by atoms with Gasteiger partial charge in [-0.2, -0.15) is 0 Å². The number of nitrogens with zero attached hydrogens (tertiary/aromatic N) is 1. The Morgan fingerprint density at radius 2 is 1.83 bits per heavy atom. The molecule has 0 aliphatic carbocycles. The first-order chi connectivity index (χ1) is 21.7. The zero-order valence-corrected chi connectivity index (χ0v) is 27.7. The average Bonchev–Trinajstić information content (AvgIpc) is 2.99. The van der Waals surface area contributed by atoms with Crippen molar-refractivity contribution in [3.63, 3.8) is 0 Å². The van der Waals surface area contributed by atoms with Gasteiger partial charge in [-0.05, 0) is 82.6 Å². The van der Waals surface area contributed by atoms with E-state index in [2.05, 4.69) is 16.0 Å². The number of carbonyl (C=O) groups is 5. The van der Waals surface area contributed by atoms with Gasteiger partial charge in [-0.3, -0.25) is 14.4 Å². The number of hydrogen-bond donors (Lipinski definition) is 5.